The van der Waals surface area contributed by atoms with Crippen molar-refractivity contribution in [2.24, 2.45) is 0 Å². The fourth-order valence-corrected chi connectivity index (χ4v) is 3.26. The molecule has 3 rings (SSSR count). The molecule has 136 valence electrons. The highest BCUT2D eigenvalue weighted by atomic mass is 35.5. The van der Waals surface area contributed by atoms with Crippen LogP contribution in [0.3, 0.4) is 0 Å². The summed E-state index contributed by atoms with van der Waals surface area (Å²) < 4.78 is 7.03. The molecule has 0 spiro atoms. The van der Waals surface area contributed by atoms with E-state index in [0.29, 0.717) is 17.2 Å². The van der Waals surface area contributed by atoms with E-state index in [2.05, 4.69) is 6.07 Å². The number of hydrogen-bond donors (Lipinski definition) is 0. The van der Waals surface area contributed by atoms with Crippen LogP contribution in [-0.4, -0.2) is 17.1 Å². The Morgan fingerprint density at radius 1 is 1.22 bits per heavy atom. The van der Waals surface area contributed by atoms with Crippen molar-refractivity contribution in [1.82, 2.24) is 4.57 Å². The van der Waals surface area contributed by atoms with E-state index in [9.17, 15) is 10.1 Å². The molecule has 1 aromatic heterocycles. The highest BCUT2D eigenvalue weighted by molar-refractivity contribution is 6.30. The number of nitriles is 1. The zero-order valence-electron chi connectivity index (χ0n) is 15.2. The minimum Gasteiger partial charge on any atom is -0.465 e. The van der Waals surface area contributed by atoms with Gasteiger partial charge in [-0.3, -0.25) is 4.79 Å². The molecule has 0 bridgehead atoms. The lowest BCUT2D eigenvalue weighted by atomic mass is 10.0. The number of aromatic nitrogens is 1. The number of rotatable bonds is 5. The molecule has 0 N–H and O–H groups in total. The van der Waals surface area contributed by atoms with Crippen LogP contribution in [0.4, 0.5) is 0 Å². The molecule has 27 heavy (non-hydrogen) atoms. The number of ether oxygens (including phenoxy) is 1. The summed E-state index contributed by atoms with van der Waals surface area (Å²) in [4.78, 5) is 12.0. The topological polar surface area (TPSA) is 55.0 Å². The molecule has 0 atom stereocenters. The van der Waals surface area contributed by atoms with Crippen LogP contribution in [0.25, 0.3) is 22.6 Å². The molecule has 4 nitrogen and oxygen atoms in total. The van der Waals surface area contributed by atoms with E-state index in [1.165, 1.54) is 0 Å². The van der Waals surface area contributed by atoms with Gasteiger partial charge in [-0.1, -0.05) is 41.9 Å². The number of nitrogens with zero attached hydrogens (tertiary/aromatic N) is 2. The van der Waals surface area contributed by atoms with E-state index in [-0.39, 0.29) is 12.5 Å². The maximum Gasteiger partial charge on any atom is 0.325 e. The van der Waals surface area contributed by atoms with Crippen LogP contribution in [0.2, 0.25) is 5.02 Å². The molecule has 0 fully saturated rings. The average Bonchev–Trinajstić information content (AvgIpc) is 2.92. The van der Waals surface area contributed by atoms with Gasteiger partial charge in [0.1, 0.15) is 6.54 Å². The van der Waals surface area contributed by atoms with Crippen LogP contribution < -0.4 is 0 Å². The largest absolute Gasteiger partial charge is 0.465 e. The quantitative estimate of drug-likeness (QED) is 0.451. The van der Waals surface area contributed by atoms with Crippen molar-refractivity contribution in [3.8, 4) is 6.07 Å². The Labute approximate surface area is 163 Å². The molecule has 0 saturated heterocycles. The Kier molecular flexibility index (Phi) is 5.63. The second-order valence-electron chi connectivity index (χ2n) is 6.08. The number of hydrogen-bond acceptors (Lipinski definition) is 3. The van der Waals surface area contributed by atoms with Crippen LogP contribution in [0.1, 0.15) is 23.7 Å². The summed E-state index contributed by atoms with van der Waals surface area (Å²) in [5, 5.41) is 11.3. The highest BCUT2D eigenvalue weighted by Gasteiger charge is 2.16. The van der Waals surface area contributed by atoms with Gasteiger partial charge in [0, 0.05) is 27.2 Å². The van der Waals surface area contributed by atoms with Crippen molar-refractivity contribution >= 4 is 40.1 Å². The monoisotopic (exact) mass is 378 g/mol. The Balaban J connectivity index is 2.14. The summed E-state index contributed by atoms with van der Waals surface area (Å²) in [5.41, 5.74) is 4.09. The van der Waals surface area contributed by atoms with Crippen molar-refractivity contribution < 1.29 is 9.53 Å². The third-order valence-electron chi connectivity index (χ3n) is 4.44. The molecule has 0 radical (unpaired) electrons. The molecule has 2 aromatic carbocycles. The first kappa shape index (κ1) is 18.8. The molecule has 0 unspecified atom stereocenters. The molecule has 1 heterocycles. The number of esters is 1. The Morgan fingerprint density at radius 2 is 1.93 bits per heavy atom. The maximum absolute atomic E-state index is 12.0. The van der Waals surface area contributed by atoms with Crippen molar-refractivity contribution in [3.63, 3.8) is 0 Å². The molecular formula is C22H19ClN2O2. The third kappa shape index (κ3) is 3.89. The molecule has 0 aliphatic carbocycles. The Morgan fingerprint density at radius 3 is 2.59 bits per heavy atom. The number of para-hydroxylation sites is 1. The zero-order valence-corrected chi connectivity index (χ0v) is 16.0. The van der Waals surface area contributed by atoms with Gasteiger partial charge in [-0.25, -0.2) is 0 Å². The van der Waals surface area contributed by atoms with Crippen molar-refractivity contribution in [2.45, 2.75) is 20.4 Å². The average molecular weight is 379 g/mol. The van der Waals surface area contributed by atoms with Gasteiger partial charge < -0.3 is 9.30 Å². The predicted octanol–water partition coefficient (Wildman–Crippen LogP) is 5.23. The second kappa shape index (κ2) is 8.11. The van der Waals surface area contributed by atoms with Gasteiger partial charge in [0.15, 0.2) is 0 Å². The summed E-state index contributed by atoms with van der Waals surface area (Å²) in [7, 11) is 0. The van der Waals surface area contributed by atoms with Crippen LogP contribution in [0, 0.1) is 18.3 Å². The van der Waals surface area contributed by atoms with Gasteiger partial charge in [0.2, 0.25) is 0 Å². The lowest BCUT2D eigenvalue weighted by Crippen LogP contribution is -2.14. The molecule has 0 aliphatic rings. The summed E-state index contributed by atoms with van der Waals surface area (Å²) in [5.74, 6) is -0.282. The molecule has 0 aliphatic heterocycles. The molecule has 0 amide bonds. The van der Waals surface area contributed by atoms with Crippen molar-refractivity contribution in [2.75, 3.05) is 6.61 Å². The molecule has 3 aromatic rings. The van der Waals surface area contributed by atoms with E-state index < -0.39 is 0 Å². The van der Waals surface area contributed by atoms with Crippen molar-refractivity contribution in [1.29, 1.82) is 5.26 Å². The number of fused-ring (bicyclic) bond motifs is 1. The van der Waals surface area contributed by atoms with Gasteiger partial charge in [-0.05, 0) is 43.7 Å². The van der Waals surface area contributed by atoms with E-state index in [1.807, 2.05) is 54.0 Å². The summed E-state index contributed by atoms with van der Waals surface area (Å²) in [6, 6.07) is 17.3. The number of benzene rings is 2. The van der Waals surface area contributed by atoms with Crippen LogP contribution in [0.15, 0.2) is 48.5 Å². The van der Waals surface area contributed by atoms with Crippen LogP contribution >= 0.6 is 11.6 Å². The third-order valence-corrected chi connectivity index (χ3v) is 4.69. The maximum atomic E-state index is 12.0. The Bertz CT molecular complexity index is 1060. The first-order valence-electron chi connectivity index (χ1n) is 8.66. The lowest BCUT2D eigenvalue weighted by molar-refractivity contribution is -0.143. The van der Waals surface area contributed by atoms with Crippen molar-refractivity contribution in [3.05, 3.63) is 70.4 Å². The fourth-order valence-electron chi connectivity index (χ4n) is 3.13. The van der Waals surface area contributed by atoms with Crippen LogP contribution in [0.5, 0.6) is 0 Å². The van der Waals surface area contributed by atoms with Crippen LogP contribution in [-0.2, 0) is 16.1 Å². The second-order valence-corrected chi connectivity index (χ2v) is 6.52. The van der Waals surface area contributed by atoms with Gasteiger partial charge in [0.05, 0.1) is 18.2 Å². The SMILES string of the molecule is CCOC(=O)Cn1c(C)c(/C=C(\C#N)c2ccc(Cl)cc2)c2ccccc21. The Hall–Kier alpha value is -3.03. The first-order chi connectivity index (χ1) is 13.0. The number of allylic oxidation sites excluding steroid dienone is 1. The smallest absolute Gasteiger partial charge is 0.325 e. The number of carbonyl (C=O) groups is 1. The van der Waals surface area contributed by atoms with Gasteiger partial charge >= 0.3 is 5.97 Å². The predicted molar refractivity (Wildman–Crippen MR) is 108 cm³/mol. The van der Waals surface area contributed by atoms with Gasteiger partial charge in [-0.2, -0.15) is 5.26 Å². The van der Waals surface area contributed by atoms with Gasteiger partial charge in [-0.15, -0.1) is 0 Å². The standard InChI is InChI=1S/C22H19ClN2O2/c1-3-27-22(26)14-25-15(2)20(19-6-4-5-7-21(19)25)12-17(13-24)16-8-10-18(23)11-9-16/h4-12H,3,14H2,1-2H3/b17-12+. The van der Waals surface area contributed by atoms with E-state index in [0.717, 1.165) is 27.7 Å². The van der Waals surface area contributed by atoms with Gasteiger partial charge in [0.25, 0.3) is 0 Å². The summed E-state index contributed by atoms with van der Waals surface area (Å²) in [6.45, 7) is 4.22. The van der Waals surface area contributed by atoms with E-state index in [4.69, 9.17) is 16.3 Å². The molecule has 0 saturated carbocycles. The zero-order chi connectivity index (χ0) is 19.4. The fraction of sp³-hybridized carbons (Fsp3) is 0.182. The number of carbonyl (C=O) groups excluding carboxylic acids is 1. The molecular weight excluding hydrogens is 360 g/mol. The van der Waals surface area contributed by atoms with E-state index >= 15 is 0 Å². The highest BCUT2D eigenvalue weighted by Crippen LogP contribution is 2.30. The normalized spacial score (nSPS) is 11.4. The molecule has 5 heteroatoms. The minimum atomic E-state index is -0.282. The number of halogens is 1. The first-order valence-corrected chi connectivity index (χ1v) is 9.04. The summed E-state index contributed by atoms with van der Waals surface area (Å²) in [6.07, 6.45) is 1.86. The van der Waals surface area contributed by atoms with E-state index in [1.54, 1.807) is 19.1 Å². The minimum absolute atomic E-state index is 0.136. The lowest BCUT2D eigenvalue weighted by Gasteiger charge is -2.08. The summed E-state index contributed by atoms with van der Waals surface area (Å²) >= 11 is 5.95.